The second-order valence-corrected chi connectivity index (χ2v) is 8.16. The van der Waals surface area contributed by atoms with Crippen LogP contribution in [0.15, 0.2) is 12.1 Å². The predicted octanol–water partition coefficient (Wildman–Crippen LogP) is 0.816. The minimum Gasteiger partial charge on any atom is -0.326 e. The molecule has 0 bridgehead atoms. The molecule has 4 rings (SSSR count). The maximum Gasteiger partial charge on any atom is 0.291 e. The number of hydrogen-bond acceptors (Lipinski definition) is 3. The average molecular weight is 356 g/mol. The number of fused-ring (bicyclic) bond motifs is 4. The fourth-order valence-electron chi connectivity index (χ4n) is 5.23. The van der Waals surface area contributed by atoms with E-state index in [0.29, 0.717) is 6.42 Å². The molecule has 5 atom stereocenters. The Bertz CT molecular complexity index is 849. The Balaban J connectivity index is 1.91. The van der Waals surface area contributed by atoms with E-state index in [-0.39, 0.29) is 29.8 Å². The highest BCUT2D eigenvalue weighted by Gasteiger charge is 2.73. The van der Waals surface area contributed by atoms with Crippen molar-refractivity contribution in [2.45, 2.75) is 58.7 Å². The highest BCUT2D eigenvalue weighted by Crippen LogP contribution is 2.50. The summed E-state index contributed by atoms with van der Waals surface area (Å²) in [6, 6.07) is 3.76. The molecule has 138 valence electrons. The Hall–Kier alpha value is -2.21. The van der Waals surface area contributed by atoms with Crippen LogP contribution in [0.4, 0.5) is 5.69 Å². The molecule has 3 aliphatic heterocycles. The third kappa shape index (κ3) is 1.88. The number of likely N-dealkylation sites (tertiary alicyclic amines) is 1. The number of aryl methyl sites for hydroxylation is 2. The van der Waals surface area contributed by atoms with Crippen LogP contribution in [0, 0.1) is 25.7 Å². The van der Waals surface area contributed by atoms with Gasteiger partial charge in [-0.05, 0) is 45.7 Å². The summed E-state index contributed by atoms with van der Waals surface area (Å²) in [6.07, 6.45) is 0.711. The van der Waals surface area contributed by atoms with Crippen molar-refractivity contribution >= 4 is 23.4 Å². The minimum absolute atomic E-state index is 0.122. The van der Waals surface area contributed by atoms with Crippen LogP contribution in [0.25, 0.3) is 0 Å². The highest BCUT2D eigenvalue weighted by atomic mass is 16.2. The fourth-order valence-corrected chi connectivity index (χ4v) is 5.23. The molecule has 6 heteroatoms. The van der Waals surface area contributed by atoms with Gasteiger partial charge in [-0.25, -0.2) is 0 Å². The van der Waals surface area contributed by atoms with Gasteiger partial charge < -0.3 is 10.6 Å². The van der Waals surface area contributed by atoms with E-state index in [2.05, 4.69) is 5.32 Å². The molecule has 6 nitrogen and oxygen atoms in total. The number of rotatable bonds is 2. The zero-order valence-corrected chi connectivity index (χ0v) is 15.9. The van der Waals surface area contributed by atoms with Crippen molar-refractivity contribution in [3.05, 3.63) is 28.8 Å². The van der Waals surface area contributed by atoms with Gasteiger partial charge in [0, 0.05) is 11.6 Å². The molecule has 3 heterocycles. The molecular formula is C20H26N3O3+. The van der Waals surface area contributed by atoms with Gasteiger partial charge in [-0.1, -0.05) is 18.6 Å². The molecule has 1 aromatic rings. The van der Waals surface area contributed by atoms with Crippen LogP contribution < -0.4 is 10.6 Å². The molecule has 0 aromatic heterocycles. The van der Waals surface area contributed by atoms with Gasteiger partial charge in [0.05, 0.1) is 11.7 Å². The normalized spacial score (nSPS) is 33.7. The zero-order chi connectivity index (χ0) is 19.0. The molecule has 1 spiro atoms. The number of carbonyl (C=O) groups excluding carboxylic acids is 3. The Kier molecular flexibility index (Phi) is 3.57. The first-order valence-corrected chi connectivity index (χ1v) is 9.40. The van der Waals surface area contributed by atoms with E-state index in [1.807, 2.05) is 52.1 Å². The number of anilines is 1. The van der Waals surface area contributed by atoms with Crippen LogP contribution >= 0.6 is 0 Å². The molecule has 2 fully saturated rings. The number of imide groups is 1. The quantitative estimate of drug-likeness (QED) is 0.770. The summed E-state index contributed by atoms with van der Waals surface area (Å²) in [6.45, 7) is 9.77. The van der Waals surface area contributed by atoms with Gasteiger partial charge in [-0.15, -0.1) is 0 Å². The van der Waals surface area contributed by atoms with E-state index in [4.69, 9.17) is 0 Å². The molecule has 1 aromatic carbocycles. The summed E-state index contributed by atoms with van der Waals surface area (Å²) in [7, 11) is 0. The standard InChI is InChI=1S/C20H25N3O3/c1-6-11(4)23-17(24)14-12(5)22-20(15(14)18(23)25)13-8-9(2)7-10(3)16(13)21-19(20)26/h7-8,11-12,14-15,22H,6H2,1-5H3,(H,21,26)/p+1/t11-,12-,14-,15+,20-/m1/s1. The third-order valence-corrected chi connectivity index (χ3v) is 6.54. The maximum absolute atomic E-state index is 13.3. The number of amides is 3. The van der Waals surface area contributed by atoms with E-state index >= 15 is 0 Å². The van der Waals surface area contributed by atoms with Crippen molar-refractivity contribution in [1.82, 2.24) is 4.90 Å². The lowest BCUT2D eigenvalue weighted by atomic mass is 9.76. The summed E-state index contributed by atoms with van der Waals surface area (Å²) in [5.74, 6) is -1.58. The Morgan fingerprint density at radius 3 is 2.58 bits per heavy atom. The number of carbonyl (C=O) groups is 3. The lowest BCUT2D eigenvalue weighted by molar-refractivity contribution is -0.730. The second kappa shape index (κ2) is 5.39. The summed E-state index contributed by atoms with van der Waals surface area (Å²) in [5.41, 5.74) is 2.66. The fraction of sp³-hybridized carbons (Fsp3) is 0.550. The number of hydrogen-bond donors (Lipinski definition) is 2. The lowest BCUT2D eigenvalue weighted by Crippen LogP contribution is -2.98. The van der Waals surface area contributed by atoms with Crippen molar-refractivity contribution < 1.29 is 19.7 Å². The van der Waals surface area contributed by atoms with Crippen molar-refractivity contribution in [2.24, 2.45) is 11.8 Å². The minimum atomic E-state index is -1.04. The van der Waals surface area contributed by atoms with Gasteiger partial charge in [0.1, 0.15) is 11.8 Å². The number of nitrogens with zero attached hydrogens (tertiary/aromatic N) is 1. The first kappa shape index (κ1) is 17.2. The van der Waals surface area contributed by atoms with Gasteiger partial charge in [-0.3, -0.25) is 19.3 Å². The Morgan fingerprint density at radius 1 is 1.23 bits per heavy atom. The topological polar surface area (TPSA) is 83.1 Å². The summed E-state index contributed by atoms with van der Waals surface area (Å²) in [4.78, 5) is 41.0. The van der Waals surface area contributed by atoms with Gasteiger partial charge in [-0.2, -0.15) is 0 Å². The molecule has 26 heavy (non-hydrogen) atoms. The van der Waals surface area contributed by atoms with E-state index in [9.17, 15) is 14.4 Å². The average Bonchev–Trinajstić information content (AvgIpc) is 3.13. The van der Waals surface area contributed by atoms with E-state index in [1.165, 1.54) is 4.90 Å². The SMILES string of the molecule is CC[C@@H](C)N1C(=O)[C@H]2[C@@H](C1=O)[C@@]1([NH2+][C@@H]2C)C(=O)Nc2c(C)cc(C)cc21. The van der Waals surface area contributed by atoms with E-state index in [0.717, 1.165) is 22.4 Å². The van der Waals surface area contributed by atoms with Crippen molar-refractivity contribution in [2.75, 3.05) is 5.32 Å². The van der Waals surface area contributed by atoms with E-state index < -0.39 is 17.4 Å². The lowest BCUT2D eigenvalue weighted by Gasteiger charge is -2.28. The highest BCUT2D eigenvalue weighted by molar-refractivity contribution is 6.14. The van der Waals surface area contributed by atoms with E-state index in [1.54, 1.807) is 0 Å². The summed E-state index contributed by atoms with van der Waals surface area (Å²) in [5, 5.41) is 4.95. The van der Waals surface area contributed by atoms with Crippen LogP contribution in [0.2, 0.25) is 0 Å². The molecular weight excluding hydrogens is 330 g/mol. The van der Waals surface area contributed by atoms with Gasteiger partial charge in [0.25, 0.3) is 5.91 Å². The maximum atomic E-state index is 13.3. The first-order valence-electron chi connectivity index (χ1n) is 9.40. The van der Waals surface area contributed by atoms with Gasteiger partial charge >= 0.3 is 0 Å². The third-order valence-electron chi connectivity index (χ3n) is 6.54. The molecule has 3 aliphatic rings. The van der Waals surface area contributed by atoms with Crippen LogP contribution in [0.3, 0.4) is 0 Å². The van der Waals surface area contributed by atoms with Gasteiger partial charge in [0.2, 0.25) is 17.4 Å². The van der Waals surface area contributed by atoms with Gasteiger partial charge in [0.15, 0.2) is 0 Å². The number of quaternary nitrogens is 1. The molecule has 0 saturated carbocycles. The molecule has 3 N–H and O–H groups in total. The van der Waals surface area contributed by atoms with Crippen LogP contribution in [0.5, 0.6) is 0 Å². The number of benzene rings is 1. The van der Waals surface area contributed by atoms with Crippen LogP contribution in [-0.2, 0) is 19.9 Å². The molecule has 0 aliphatic carbocycles. The number of nitrogens with two attached hydrogens (primary N) is 1. The Labute approximate surface area is 153 Å². The summed E-state index contributed by atoms with van der Waals surface area (Å²) < 4.78 is 0. The largest absolute Gasteiger partial charge is 0.326 e. The van der Waals surface area contributed by atoms with Crippen molar-refractivity contribution in [1.29, 1.82) is 0 Å². The van der Waals surface area contributed by atoms with Crippen molar-refractivity contribution in [3.8, 4) is 0 Å². The van der Waals surface area contributed by atoms with Crippen LogP contribution in [-0.4, -0.2) is 34.7 Å². The second-order valence-electron chi connectivity index (χ2n) is 8.16. The molecule has 0 radical (unpaired) electrons. The monoisotopic (exact) mass is 356 g/mol. The predicted molar refractivity (Wildman–Crippen MR) is 96.2 cm³/mol. The smallest absolute Gasteiger partial charge is 0.291 e. The van der Waals surface area contributed by atoms with Crippen LogP contribution in [0.1, 0.15) is 43.9 Å². The molecule has 3 amide bonds. The molecule has 2 saturated heterocycles. The summed E-state index contributed by atoms with van der Waals surface area (Å²) >= 11 is 0. The zero-order valence-electron chi connectivity index (χ0n) is 15.9. The first-order chi connectivity index (χ1) is 12.2. The number of nitrogens with one attached hydrogen (secondary N) is 1. The van der Waals surface area contributed by atoms with Crippen molar-refractivity contribution in [3.63, 3.8) is 0 Å². The molecule has 0 unspecified atom stereocenters. The Morgan fingerprint density at radius 2 is 1.92 bits per heavy atom.